The van der Waals surface area contributed by atoms with Gasteiger partial charge < -0.3 is 4.74 Å². The number of para-hydroxylation sites is 1. The Hall–Kier alpha value is -2.37. The average Bonchev–Trinajstić information content (AvgIpc) is 2.89. The molecular weight excluding hydrogens is 362 g/mol. The number of aryl methyl sites for hydroxylation is 1. The molecule has 1 amide bonds. The van der Waals surface area contributed by atoms with Gasteiger partial charge in [-0.25, -0.2) is 0 Å². The van der Waals surface area contributed by atoms with Crippen LogP contribution in [0.3, 0.4) is 0 Å². The van der Waals surface area contributed by atoms with Gasteiger partial charge in [0.15, 0.2) is 0 Å². The van der Waals surface area contributed by atoms with Gasteiger partial charge in [0.2, 0.25) is 0 Å². The van der Waals surface area contributed by atoms with Crippen molar-refractivity contribution in [1.82, 2.24) is 4.90 Å². The molecule has 0 N–H and O–H groups in total. The number of thioether (sulfide) groups is 1. The van der Waals surface area contributed by atoms with Crippen molar-refractivity contribution in [3.8, 4) is 5.75 Å². The van der Waals surface area contributed by atoms with Crippen LogP contribution in [0, 0.1) is 6.92 Å². The minimum atomic E-state index is -0.0895. The minimum Gasteiger partial charge on any atom is -0.488 e. The van der Waals surface area contributed by atoms with Crippen LogP contribution in [0.5, 0.6) is 5.75 Å². The van der Waals surface area contributed by atoms with Gasteiger partial charge in [0.25, 0.3) is 5.91 Å². The van der Waals surface area contributed by atoms with Crippen molar-refractivity contribution in [3.63, 3.8) is 0 Å². The summed E-state index contributed by atoms with van der Waals surface area (Å²) < 4.78 is 6.55. The molecule has 1 saturated heterocycles. The van der Waals surface area contributed by atoms with E-state index in [1.807, 2.05) is 42.5 Å². The van der Waals surface area contributed by atoms with Gasteiger partial charge in [-0.2, -0.15) is 0 Å². The molecule has 5 heteroatoms. The van der Waals surface area contributed by atoms with Crippen LogP contribution >= 0.6 is 24.0 Å². The Bertz CT molecular complexity index is 889. The number of amides is 1. The summed E-state index contributed by atoms with van der Waals surface area (Å²) in [5, 5.41) is 0. The summed E-state index contributed by atoms with van der Waals surface area (Å²) in [5.41, 5.74) is 3.17. The molecule has 26 heavy (non-hydrogen) atoms. The number of benzene rings is 2. The van der Waals surface area contributed by atoms with Gasteiger partial charge in [-0.15, -0.1) is 6.58 Å². The molecule has 3 nitrogen and oxygen atoms in total. The van der Waals surface area contributed by atoms with Crippen molar-refractivity contribution < 1.29 is 9.53 Å². The van der Waals surface area contributed by atoms with E-state index in [-0.39, 0.29) is 5.91 Å². The SMILES string of the molecule is C=CCN1C(=O)/C(=C\c2ccccc2OCc2cccc(C)c2)SC1=S. The number of hydrogen-bond donors (Lipinski definition) is 0. The molecule has 0 atom stereocenters. The maximum Gasteiger partial charge on any atom is 0.266 e. The first-order valence-electron chi connectivity index (χ1n) is 8.22. The van der Waals surface area contributed by atoms with Crippen LogP contribution in [0.2, 0.25) is 0 Å². The Balaban J connectivity index is 1.80. The van der Waals surface area contributed by atoms with E-state index in [4.69, 9.17) is 17.0 Å². The second-order valence-electron chi connectivity index (χ2n) is 5.90. The third-order valence-electron chi connectivity index (χ3n) is 3.87. The highest BCUT2D eigenvalue weighted by Crippen LogP contribution is 2.34. The predicted molar refractivity (Wildman–Crippen MR) is 112 cm³/mol. The Morgan fingerprint density at radius 3 is 2.81 bits per heavy atom. The largest absolute Gasteiger partial charge is 0.488 e. The zero-order chi connectivity index (χ0) is 18.5. The number of thiocarbonyl (C=S) groups is 1. The van der Waals surface area contributed by atoms with Crippen LogP contribution in [0.15, 0.2) is 66.1 Å². The zero-order valence-electron chi connectivity index (χ0n) is 14.5. The van der Waals surface area contributed by atoms with E-state index in [0.29, 0.717) is 22.4 Å². The number of rotatable bonds is 6. The lowest BCUT2D eigenvalue weighted by Crippen LogP contribution is -2.27. The van der Waals surface area contributed by atoms with E-state index in [1.165, 1.54) is 17.3 Å². The molecule has 0 radical (unpaired) electrons. The Morgan fingerprint density at radius 2 is 2.04 bits per heavy atom. The minimum absolute atomic E-state index is 0.0895. The highest BCUT2D eigenvalue weighted by Gasteiger charge is 2.31. The first kappa shape index (κ1) is 18.4. The summed E-state index contributed by atoms with van der Waals surface area (Å²) in [6.45, 7) is 6.63. The van der Waals surface area contributed by atoms with Gasteiger partial charge in [-0.3, -0.25) is 9.69 Å². The molecule has 0 saturated carbocycles. The van der Waals surface area contributed by atoms with E-state index in [9.17, 15) is 4.79 Å². The standard InChI is InChI=1S/C21H19NO2S2/c1-3-11-22-20(23)19(26-21(22)25)13-17-9-4-5-10-18(17)24-14-16-8-6-7-15(2)12-16/h3-10,12-13H,1,11,14H2,2H3/b19-13+. The number of carbonyl (C=O) groups is 1. The monoisotopic (exact) mass is 381 g/mol. The van der Waals surface area contributed by atoms with Crippen molar-refractivity contribution in [2.24, 2.45) is 0 Å². The molecule has 0 unspecified atom stereocenters. The van der Waals surface area contributed by atoms with Crippen molar-refractivity contribution in [2.75, 3.05) is 6.54 Å². The third kappa shape index (κ3) is 4.23. The molecule has 132 valence electrons. The summed E-state index contributed by atoms with van der Waals surface area (Å²) in [6, 6.07) is 15.9. The van der Waals surface area contributed by atoms with Gasteiger partial charge in [0, 0.05) is 12.1 Å². The lowest BCUT2D eigenvalue weighted by Gasteiger charge is -2.11. The summed E-state index contributed by atoms with van der Waals surface area (Å²) >= 11 is 6.59. The van der Waals surface area contributed by atoms with Crippen LogP contribution in [0.1, 0.15) is 16.7 Å². The van der Waals surface area contributed by atoms with E-state index in [2.05, 4.69) is 25.6 Å². The second kappa shape index (κ2) is 8.34. The van der Waals surface area contributed by atoms with Gasteiger partial charge in [0.1, 0.15) is 16.7 Å². The second-order valence-corrected chi connectivity index (χ2v) is 7.57. The van der Waals surface area contributed by atoms with Gasteiger partial charge in [-0.05, 0) is 24.6 Å². The first-order valence-corrected chi connectivity index (χ1v) is 9.44. The van der Waals surface area contributed by atoms with Crippen LogP contribution in [-0.4, -0.2) is 21.7 Å². The topological polar surface area (TPSA) is 29.5 Å². The molecule has 2 aromatic rings. The van der Waals surface area contributed by atoms with Crippen LogP contribution in [0.4, 0.5) is 0 Å². The van der Waals surface area contributed by atoms with Crippen LogP contribution in [-0.2, 0) is 11.4 Å². The smallest absolute Gasteiger partial charge is 0.266 e. The van der Waals surface area contributed by atoms with Crippen LogP contribution in [0.25, 0.3) is 6.08 Å². The molecular formula is C21H19NO2S2. The van der Waals surface area contributed by atoms with Crippen molar-refractivity contribution in [3.05, 3.63) is 82.8 Å². The van der Waals surface area contributed by atoms with Gasteiger partial charge >= 0.3 is 0 Å². The summed E-state index contributed by atoms with van der Waals surface area (Å²) in [7, 11) is 0. The number of carbonyl (C=O) groups excluding carboxylic acids is 1. The first-order chi connectivity index (χ1) is 12.6. The lowest BCUT2D eigenvalue weighted by atomic mass is 10.1. The molecule has 1 aliphatic heterocycles. The van der Waals surface area contributed by atoms with Gasteiger partial charge in [0.05, 0.1) is 4.91 Å². The number of hydrogen-bond acceptors (Lipinski definition) is 4. The fourth-order valence-electron chi connectivity index (χ4n) is 2.62. The van der Waals surface area contributed by atoms with E-state index >= 15 is 0 Å². The van der Waals surface area contributed by atoms with Crippen molar-refractivity contribution in [2.45, 2.75) is 13.5 Å². The Morgan fingerprint density at radius 1 is 1.23 bits per heavy atom. The summed E-state index contributed by atoms with van der Waals surface area (Å²) in [5.74, 6) is 0.649. The average molecular weight is 382 g/mol. The van der Waals surface area contributed by atoms with Crippen LogP contribution < -0.4 is 4.74 Å². The Labute approximate surface area is 163 Å². The van der Waals surface area contributed by atoms with E-state index < -0.39 is 0 Å². The molecule has 1 fully saturated rings. The molecule has 0 spiro atoms. The predicted octanol–water partition coefficient (Wildman–Crippen LogP) is 4.96. The molecule has 0 aliphatic carbocycles. The quantitative estimate of drug-likeness (QED) is 0.402. The maximum absolute atomic E-state index is 12.5. The molecule has 0 bridgehead atoms. The summed E-state index contributed by atoms with van der Waals surface area (Å²) in [6.07, 6.45) is 3.51. The maximum atomic E-state index is 12.5. The fraction of sp³-hybridized carbons (Fsp3) is 0.143. The molecule has 2 aromatic carbocycles. The van der Waals surface area contributed by atoms with E-state index in [0.717, 1.165) is 16.9 Å². The highest BCUT2D eigenvalue weighted by molar-refractivity contribution is 8.26. The fourth-order valence-corrected chi connectivity index (χ4v) is 3.89. The lowest BCUT2D eigenvalue weighted by molar-refractivity contribution is -0.121. The highest BCUT2D eigenvalue weighted by atomic mass is 32.2. The summed E-state index contributed by atoms with van der Waals surface area (Å²) in [4.78, 5) is 14.7. The van der Waals surface area contributed by atoms with Gasteiger partial charge in [-0.1, -0.05) is 78.1 Å². The van der Waals surface area contributed by atoms with E-state index in [1.54, 1.807) is 11.0 Å². The third-order valence-corrected chi connectivity index (χ3v) is 5.25. The normalized spacial score (nSPS) is 15.6. The molecule has 3 rings (SSSR count). The zero-order valence-corrected chi connectivity index (χ0v) is 16.1. The molecule has 0 aromatic heterocycles. The number of nitrogens with zero attached hydrogens (tertiary/aromatic N) is 1. The molecule has 1 heterocycles. The number of ether oxygens (including phenoxy) is 1. The van der Waals surface area contributed by atoms with Crippen molar-refractivity contribution in [1.29, 1.82) is 0 Å². The van der Waals surface area contributed by atoms with Crippen molar-refractivity contribution >= 4 is 40.3 Å². The Kier molecular flexibility index (Phi) is 5.91. The molecule has 1 aliphatic rings.